The average Bonchev–Trinajstić information content (AvgIpc) is 3.27. The number of benzene rings is 3. The third kappa shape index (κ3) is 6.70. The van der Waals surface area contributed by atoms with E-state index in [0.717, 1.165) is 15.9 Å². The van der Waals surface area contributed by atoms with Gasteiger partial charge in [0.2, 0.25) is 0 Å². The van der Waals surface area contributed by atoms with Gasteiger partial charge in [-0.1, -0.05) is 63.1 Å². The van der Waals surface area contributed by atoms with E-state index in [4.69, 9.17) is 21.1 Å². The fourth-order valence-electron chi connectivity index (χ4n) is 4.52. The number of aromatic nitrogens is 1. The number of nitrogens with zero attached hydrogens (tertiary/aromatic N) is 2. The molecule has 0 N–H and O–H groups in total. The molecule has 0 aliphatic carbocycles. The van der Waals surface area contributed by atoms with Crippen LogP contribution >= 0.6 is 54.8 Å². The Morgan fingerprint density at radius 2 is 1.80 bits per heavy atom. The van der Waals surface area contributed by atoms with Crippen molar-refractivity contribution in [2.75, 3.05) is 6.61 Å². The van der Waals surface area contributed by atoms with Crippen molar-refractivity contribution in [2.24, 2.45) is 4.99 Å². The summed E-state index contributed by atoms with van der Waals surface area (Å²) in [5, 5.41) is 0.312. The minimum absolute atomic E-state index is 0.0333. The maximum atomic E-state index is 14.4. The van der Waals surface area contributed by atoms with E-state index in [1.165, 1.54) is 49.4 Å². The number of esters is 1. The van der Waals surface area contributed by atoms with E-state index in [1.54, 1.807) is 24.3 Å². The van der Waals surface area contributed by atoms with Crippen LogP contribution in [-0.2, 0) is 16.1 Å². The summed E-state index contributed by atoms with van der Waals surface area (Å²) in [5.74, 6) is -1.31. The highest BCUT2D eigenvalue weighted by Crippen LogP contribution is 2.39. The number of halogens is 7. The summed E-state index contributed by atoms with van der Waals surface area (Å²) in [6, 6.07) is 13.4. The molecular weight excluding hydrogens is 756 g/mol. The molecule has 1 aliphatic heterocycles. The van der Waals surface area contributed by atoms with Gasteiger partial charge in [-0.3, -0.25) is 9.36 Å². The molecule has 0 spiro atoms. The highest BCUT2D eigenvalue weighted by Gasteiger charge is 2.45. The lowest BCUT2D eigenvalue weighted by Gasteiger charge is -2.26. The Morgan fingerprint density at radius 3 is 2.43 bits per heavy atom. The van der Waals surface area contributed by atoms with E-state index >= 15 is 0 Å². The van der Waals surface area contributed by atoms with E-state index < -0.39 is 40.8 Å². The molecule has 0 saturated carbocycles. The summed E-state index contributed by atoms with van der Waals surface area (Å²) in [4.78, 5) is 30.5. The predicted molar refractivity (Wildman–Crippen MR) is 165 cm³/mol. The largest absolute Gasteiger partial charge is 0.487 e. The zero-order chi connectivity index (χ0) is 31.8. The zero-order valence-electron chi connectivity index (χ0n) is 22.4. The normalized spacial score (nSPS) is 15.2. The van der Waals surface area contributed by atoms with Gasteiger partial charge in [0.25, 0.3) is 5.56 Å². The number of hydrogen-bond acceptors (Lipinski definition) is 6. The lowest BCUT2D eigenvalue weighted by molar-refractivity contribution is -0.140. The molecule has 0 radical (unpaired) electrons. The van der Waals surface area contributed by atoms with Crippen LogP contribution in [0, 0.1) is 5.82 Å². The van der Waals surface area contributed by atoms with Crippen LogP contribution in [0.5, 0.6) is 5.75 Å². The lowest BCUT2D eigenvalue weighted by atomic mass is 9.95. The van der Waals surface area contributed by atoms with Crippen LogP contribution in [0.4, 0.5) is 17.6 Å². The van der Waals surface area contributed by atoms with Crippen LogP contribution < -0.4 is 19.6 Å². The van der Waals surface area contributed by atoms with E-state index in [-0.39, 0.29) is 28.1 Å². The average molecular weight is 775 g/mol. The van der Waals surface area contributed by atoms with Gasteiger partial charge in [-0.25, -0.2) is 14.2 Å². The number of thiazole rings is 1. The van der Waals surface area contributed by atoms with Gasteiger partial charge in [-0.2, -0.15) is 13.2 Å². The zero-order valence-corrected chi connectivity index (χ0v) is 27.2. The molecule has 0 unspecified atom stereocenters. The first-order valence-electron chi connectivity index (χ1n) is 12.8. The number of carbonyl (C=O) groups excluding carboxylic acids is 1. The van der Waals surface area contributed by atoms with Gasteiger partial charge in [-0.05, 0) is 76.5 Å². The Hall–Kier alpha value is -3.26. The van der Waals surface area contributed by atoms with Gasteiger partial charge >= 0.3 is 12.1 Å². The van der Waals surface area contributed by atoms with E-state index in [2.05, 4.69) is 36.9 Å². The van der Waals surface area contributed by atoms with Crippen molar-refractivity contribution < 1.29 is 31.8 Å². The standard InChI is InChI=1S/C30H19Br2ClF4N2O4S/c1-2-42-28(41)23-24(16-5-7-19(33)8-6-16)39-27(40)22(44-29(39)38-26(23)30(35,36)37)12-17-11-18(31)13-21(32)25(17)43-14-15-3-9-20(34)10-4-15/h3-13,24H,2,14H2,1H3/b22-12-/t24-/m0/s1. The molecule has 228 valence electrons. The summed E-state index contributed by atoms with van der Waals surface area (Å²) < 4.78 is 69.7. The molecule has 5 rings (SSSR count). The van der Waals surface area contributed by atoms with Crippen molar-refractivity contribution >= 4 is 66.8 Å². The molecule has 0 fully saturated rings. The molecular formula is C30H19Br2ClF4N2O4S. The van der Waals surface area contributed by atoms with E-state index in [9.17, 15) is 27.2 Å². The monoisotopic (exact) mass is 772 g/mol. The molecule has 14 heteroatoms. The molecule has 6 nitrogen and oxygen atoms in total. The lowest BCUT2D eigenvalue weighted by Crippen LogP contribution is -2.41. The predicted octanol–water partition coefficient (Wildman–Crippen LogP) is 7.24. The van der Waals surface area contributed by atoms with Crippen LogP contribution in [0.1, 0.15) is 29.7 Å². The Labute approximate surface area is 273 Å². The number of alkyl halides is 3. The Bertz CT molecular complexity index is 1960. The van der Waals surface area contributed by atoms with Crippen LogP contribution in [0.2, 0.25) is 5.02 Å². The fraction of sp³-hybridized carbons (Fsp3) is 0.167. The number of rotatable bonds is 7. The second kappa shape index (κ2) is 13.0. The van der Waals surface area contributed by atoms with Crippen LogP contribution in [0.3, 0.4) is 0 Å². The minimum atomic E-state index is -5.03. The molecule has 0 amide bonds. The van der Waals surface area contributed by atoms with Gasteiger partial charge in [0.1, 0.15) is 18.2 Å². The Morgan fingerprint density at radius 1 is 1.11 bits per heavy atom. The first-order chi connectivity index (χ1) is 20.9. The molecule has 3 aromatic carbocycles. The number of fused-ring (bicyclic) bond motifs is 1. The van der Waals surface area contributed by atoms with Crippen molar-refractivity contribution in [3.63, 3.8) is 0 Å². The van der Waals surface area contributed by atoms with Crippen LogP contribution in [-0.4, -0.2) is 23.3 Å². The topological polar surface area (TPSA) is 69.9 Å². The maximum absolute atomic E-state index is 14.4. The fourth-order valence-corrected chi connectivity index (χ4v) is 7.01. The molecule has 4 aromatic rings. The Balaban J connectivity index is 1.71. The van der Waals surface area contributed by atoms with Crippen LogP contribution in [0.15, 0.2) is 90.7 Å². The highest BCUT2D eigenvalue weighted by atomic mass is 79.9. The second-order valence-electron chi connectivity index (χ2n) is 9.34. The van der Waals surface area contributed by atoms with Gasteiger partial charge in [0.05, 0.1) is 27.2 Å². The second-order valence-corrected chi connectivity index (χ2v) is 12.6. The Kier molecular flexibility index (Phi) is 9.49. The number of ether oxygens (including phenoxy) is 2. The number of allylic oxidation sites excluding steroid dienone is 1. The van der Waals surface area contributed by atoms with E-state index in [0.29, 0.717) is 30.8 Å². The highest BCUT2D eigenvalue weighted by molar-refractivity contribution is 9.11. The molecule has 0 saturated heterocycles. The molecule has 1 aliphatic rings. The summed E-state index contributed by atoms with van der Waals surface area (Å²) in [7, 11) is 0. The first-order valence-corrected chi connectivity index (χ1v) is 15.6. The summed E-state index contributed by atoms with van der Waals surface area (Å²) >= 11 is 13.6. The number of carbonyl (C=O) groups is 1. The smallest absolute Gasteiger partial charge is 0.434 e. The van der Waals surface area contributed by atoms with Crippen molar-refractivity contribution in [1.82, 2.24) is 4.57 Å². The van der Waals surface area contributed by atoms with Crippen molar-refractivity contribution in [3.05, 3.63) is 128 Å². The SMILES string of the molecule is CCOC(=O)C1=C(C(F)(F)F)N=c2s/c(=C\c3cc(Br)cc(Br)c3OCc3ccc(F)cc3)c(=O)n2[C@H]1c1ccc(Cl)cc1. The van der Waals surface area contributed by atoms with Crippen LogP contribution in [0.25, 0.3) is 6.08 Å². The van der Waals surface area contributed by atoms with Crippen molar-refractivity contribution in [2.45, 2.75) is 25.7 Å². The number of hydrogen-bond donors (Lipinski definition) is 0. The summed E-state index contributed by atoms with van der Waals surface area (Å²) in [5.41, 5.74) is -1.64. The third-order valence-electron chi connectivity index (χ3n) is 6.40. The van der Waals surface area contributed by atoms with Crippen molar-refractivity contribution in [3.8, 4) is 5.75 Å². The minimum Gasteiger partial charge on any atom is -0.487 e. The van der Waals surface area contributed by atoms with Gasteiger partial charge < -0.3 is 9.47 Å². The van der Waals surface area contributed by atoms with Gasteiger partial charge in [0, 0.05) is 15.1 Å². The molecule has 44 heavy (non-hydrogen) atoms. The quantitative estimate of drug-likeness (QED) is 0.147. The first kappa shape index (κ1) is 32.1. The maximum Gasteiger partial charge on any atom is 0.434 e. The molecule has 0 bridgehead atoms. The molecule has 1 aromatic heterocycles. The van der Waals surface area contributed by atoms with Gasteiger partial charge in [-0.15, -0.1) is 0 Å². The summed E-state index contributed by atoms with van der Waals surface area (Å²) in [6.07, 6.45) is -3.56. The summed E-state index contributed by atoms with van der Waals surface area (Å²) in [6.45, 7) is 1.34. The molecule has 2 heterocycles. The van der Waals surface area contributed by atoms with E-state index in [1.807, 2.05) is 0 Å². The third-order valence-corrected chi connectivity index (χ3v) is 8.68. The molecule has 1 atom stereocenters. The van der Waals surface area contributed by atoms with Gasteiger partial charge in [0.15, 0.2) is 10.5 Å². The van der Waals surface area contributed by atoms with Crippen molar-refractivity contribution in [1.29, 1.82) is 0 Å².